The third-order valence-electron chi connectivity index (χ3n) is 5.09. The van der Waals surface area contributed by atoms with Gasteiger partial charge < -0.3 is 14.5 Å². The standard InChI is InChI=1S/C22H23FN4O2/c1-14-7-8-16-18(13-14)24-21(25-22(16)27-11-9-26(3)10-12-27)20-17(23)5-4-6-19(20)29-15(2)28/h4-8,13H,9-12H2,1-3H3. The van der Waals surface area contributed by atoms with E-state index < -0.39 is 11.8 Å². The molecule has 6 nitrogen and oxygen atoms in total. The Labute approximate surface area is 168 Å². The SMILES string of the molecule is CC(=O)Oc1cccc(F)c1-c1nc(N2CCN(C)CC2)c2ccc(C)cc2n1. The Bertz CT molecular complexity index is 1080. The normalized spacial score (nSPS) is 15.0. The summed E-state index contributed by atoms with van der Waals surface area (Å²) in [6.45, 7) is 6.77. The van der Waals surface area contributed by atoms with Gasteiger partial charge in [0, 0.05) is 38.5 Å². The third-order valence-corrected chi connectivity index (χ3v) is 5.09. The molecule has 0 N–H and O–H groups in total. The number of piperazine rings is 1. The van der Waals surface area contributed by atoms with Crippen LogP contribution in [-0.4, -0.2) is 54.1 Å². The highest BCUT2D eigenvalue weighted by Crippen LogP contribution is 2.34. The van der Waals surface area contributed by atoms with E-state index in [0.717, 1.165) is 48.5 Å². The molecule has 0 atom stereocenters. The fourth-order valence-electron chi connectivity index (χ4n) is 3.56. The molecule has 0 bridgehead atoms. The van der Waals surface area contributed by atoms with Crippen molar-refractivity contribution in [2.45, 2.75) is 13.8 Å². The number of rotatable bonds is 3. The minimum atomic E-state index is -0.528. The Hall–Kier alpha value is -3.06. The highest BCUT2D eigenvalue weighted by molar-refractivity contribution is 5.92. The molecule has 7 heteroatoms. The fraction of sp³-hybridized carbons (Fsp3) is 0.318. The van der Waals surface area contributed by atoms with E-state index in [1.54, 1.807) is 6.07 Å². The van der Waals surface area contributed by atoms with Crippen molar-refractivity contribution >= 4 is 22.7 Å². The van der Waals surface area contributed by atoms with E-state index in [-0.39, 0.29) is 17.1 Å². The fourth-order valence-corrected chi connectivity index (χ4v) is 3.56. The van der Waals surface area contributed by atoms with Crippen LogP contribution in [0.15, 0.2) is 36.4 Å². The molecule has 0 unspecified atom stereocenters. The van der Waals surface area contributed by atoms with Crippen LogP contribution in [0, 0.1) is 12.7 Å². The lowest BCUT2D eigenvalue weighted by molar-refractivity contribution is -0.131. The van der Waals surface area contributed by atoms with Gasteiger partial charge in [-0.3, -0.25) is 4.79 Å². The number of fused-ring (bicyclic) bond motifs is 1. The van der Waals surface area contributed by atoms with Gasteiger partial charge in [0.1, 0.15) is 17.4 Å². The molecule has 0 aliphatic carbocycles. The van der Waals surface area contributed by atoms with E-state index >= 15 is 0 Å². The van der Waals surface area contributed by atoms with Crippen LogP contribution in [0.1, 0.15) is 12.5 Å². The summed E-state index contributed by atoms with van der Waals surface area (Å²) in [6, 6.07) is 10.4. The summed E-state index contributed by atoms with van der Waals surface area (Å²) in [5, 5.41) is 0.925. The van der Waals surface area contributed by atoms with Crippen molar-refractivity contribution in [1.82, 2.24) is 14.9 Å². The first-order chi connectivity index (χ1) is 13.9. The first kappa shape index (κ1) is 19.3. The van der Waals surface area contributed by atoms with Crippen LogP contribution in [0.5, 0.6) is 5.75 Å². The van der Waals surface area contributed by atoms with Crippen molar-refractivity contribution in [2.24, 2.45) is 0 Å². The molecule has 3 aromatic rings. The lowest BCUT2D eigenvalue weighted by Crippen LogP contribution is -2.45. The summed E-state index contributed by atoms with van der Waals surface area (Å²) in [5.41, 5.74) is 1.89. The monoisotopic (exact) mass is 394 g/mol. The number of hydrogen-bond acceptors (Lipinski definition) is 6. The summed E-state index contributed by atoms with van der Waals surface area (Å²) in [7, 11) is 2.09. The van der Waals surface area contributed by atoms with Crippen molar-refractivity contribution in [3.63, 3.8) is 0 Å². The molecule has 2 heterocycles. The number of aromatic nitrogens is 2. The van der Waals surface area contributed by atoms with E-state index in [4.69, 9.17) is 9.72 Å². The van der Waals surface area contributed by atoms with Crippen LogP contribution >= 0.6 is 0 Å². The van der Waals surface area contributed by atoms with Gasteiger partial charge in [0.05, 0.1) is 11.1 Å². The van der Waals surface area contributed by atoms with Gasteiger partial charge in [0.25, 0.3) is 0 Å². The van der Waals surface area contributed by atoms with Crippen LogP contribution in [0.4, 0.5) is 10.2 Å². The maximum Gasteiger partial charge on any atom is 0.308 e. The van der Waals surface area contributed by atoms with Gasteiger partial charge in [0.2, 0.25) is 0 Å². The highest BCUT2D eigenvalue weighted by atomic mass is 19.1. The number of halogens is 1. The van der Waals surface area contributed by atoms with Crippen LogP contribution in [-0.2, 0) is 4.79 Å². The van der Waals surface area contributed by atoms with Gasteiger partial charge in [-0.25, -0.2) is 14.4 Å². The largest absolute Gasteiger partial charge is 0.426 e. The van der Waals surface area contributed by atoms with Gasteiger partial charge in [-0.05, 0) is 43.8 Å². The summed E-state index contributed by atoms with van der Waals surface area (Å²) < 4.78 is 20.0. The second-order valence-electron chi connectivity index (χ2n) is 7.39. The number of ether oxygens (including phenoxy) is 1. The maximum atomic E-state index is 14.8. The van der Waals surface area contributed by atoms with Crippen molar-refractivity contribution in [1.29, 1.82) is 0 Å². The van der Waals surface area contributed by atoms with Crippen molar-refractivity contribution in [3.05, 3.63) is 47.8 Å². The Morgan fingerprint density at radius 3 is 2.59 bits per heavy atom. The molecular weight excluding hydrogens is 371 g/mol. The van der Waals surface area contributed by atoms with Crippen molar-refractivity contribution < 1.29 is 13.9 Å². The van der Waals surface area contributed by atoms with E-state index in [0.29, 0.717) is 0 Å². The number of nitrogens with zero attached hydrogens (tertiary/aromatic N) is 4. The maximum absolute atomic E-state index is 14.8. The molecular formula is C22H23FN4O2. The predicted molar refractivity (Wildman–Crippen MR) is 111 cm³/mol. The smallest absolute Gasteiger partial charge is 0.308 e. The van der Waals surface area contributed by atoms with E-state index in [1.165, 1.54) is 19.1 Å². The molecule has 1 fully saturated rings. The van der Waals surface area contributed by atoms with Crippen LogP contribution < -0.4 is 9.64 Å². The third kappa shape index (κ3) is 3.91. The summed E-state index contributed by atoms with van der Waals surface area (Å²) in [6.07, 6.45) is 0. The zero-order valence-electron chi connectivity index (χ0n) is 16.8. The number of benzene rings is 2. The minimum Gasteiger partial charge on any atom is -0.426 e. The predicted octanol–water partition coefficient (Wildman–Crippen LogP) is 3.42. The van der Waals surface area contributed by atoms with E-state index in [9.17, 15) is 9.18 Å². The molecule has 4 rings (SSSR count). The van der Waals surface area contributed by atoms with Crippen LogP contribution in [0.3, 0.4) is 0 Å². The van der Waals surface area contributed by atoms with Gasteiger partial charge in [-0.2, -0.15) is 0 Å². The molecule has 0 radical (unpaired) electrons. The van der Waals surface area contributed by atoms with Crippen molar-refractivity contribution in [2.75, 3.05) is 38.1 Å². The molecule has 0 saturated carbocycles. The number of anilines is 1. The Morgan fingerprint density at radius 1 is 1.10 bits per heavy atom. The number of likely N-dealkylation sites (N-methyl/N-ethyl adjacent to an activating group) is 1. The number of carbonyl (C=O) groups is 1. The zero-order chi connectivity index (χ0) is 20.5. The average molecular weight is 394 g/mol. The van der Waals surface area contributed by atoms with Crippen LogP contribution in [0.25, 0.3) is 22.3 Å². The Kier molecular flexibility index (Phi) is 5.15. The lowest BCUT2D eigenvalue weighted by atomic mass is 10.1. The number of carbonyl (C=O) groups excluding carboxylic acids is 1. The van der Waals surface area contributed by atoms with Gasteiger partial charge >= 0.3 is 5.97 Å². The minimum absolute atomic E-state index is 0.0986. The second kappa shape index (κ2) is 7.75. The lowest BCUT2D eigenvalue weighted by Gasteiger charge is -2.34. The molecule has 1 aromatic heterocycles. The Balaban J connectivity index is 1.92. The van der Waals surface area contributed by atoms with Crippen LogP contribution in [0.2, 0.25) is 0 Å². The first-order valence-corrected chi connectivity index (χ1v) is 9.61. The first-order valence-electron chi connectivity index (χ1n) is 9.61. The quantitative estimate of drug-likeness (QED) is 0.501. The second-order valence-corrected chi connectivity index (χ2v) is 7.39. The highest BCUT2D eigenvalue weighted by Gasteiger charge is 2.22. The summed E-state index contributed by atoms with van der Waals surface area (Å²) in [4.78, 5) is 25.3. The summed E-state index contributed by atoms with van der Waals surface area (Å²) >= 11 is 0. The zero-order valence-corrected chi connectivity index (χ0v) is 16.8. The van der Waals surface area contributed by atoms with Gasteiger partial charge in [0.15, 0.2) is 5.82 Å². The molecule has 0 spiro atoms. The number of aryl methyl sites for hydroxylation is 1. The average Bonchev–Trinajstić information content (AvgIpc) is 2.67. The van der Waals surface area contributed by atoms with E-state index in [1.807, 2.05) is 25.1 Å². The topological polar surface area (TPSA) is 58.6 Å². The molecule has 2 aromatic carbocycles. The van der Waals surface area contributed by atoms with Gasteiger partial charge in [-0.15, -0.1) is 0 Å². The summed E-state index contributed by atoms with van der Waals surface area (Å²) in [5.74, 6) is 0.0585. The van der Waals surface area contributed by atoms with Crippen molar-refractivity contribution in [3.8, 4) is 17.1 Å². The number of esters is 1. The molecule has 1 aliphatic heterocycles. The molecule has 0 amide bonds. The molecule has 150 valence electrons. The number of hydrogen-bond donors (Lipinski definition) is 0. The molecule has 29 heavy (non-hydrogen) atoms. The van der Waals surface area contributed by atoms with Gasteiger partial charge in [-0.1, -0.05) is 12.1 Å². The Morgan fingerprint density at radius 2 is 1.86 bits per heavy atom. The molecule has 1 aliphatic rings. The van der Waals surface area contributed by atoms with E-state index in [2.05, 4.69) is 21.8 Å². The molecule has 1 saturated heterocycles.